The van der Waals surface area contributed by atoms with Gasteiger partial charge in [0.05, 0.1) is 6.54 Å². The number of aliphatic carboxylic acids is 1. The normalized spacial score (nSPS) is 27.6. The van der Waals surface area contributed by atoms with Crippen LogP contribution in [-0.2, 0) is 4.79 Å². The van der Waals surface area contributed by atoms with Gasteiger partial charge in [0.2, 0.25) is 0 Å². The molecule has 0 bridgehead atoms. The third-order valence-corrected chi connectivity index (χ3v) is 5.05. The first-order chi connectivity index (χ1) is 11.0. The van der Waals surface area contributed by atoms with Gasteiger partial charge in [-0.25, -0.2) is 4.79 Å². The van der Waals surface area contributed by atoms with Crippen molar-refractivity contribution in [2.75, 3.05) is 26.2 Å². The van der Waals surface area contributed by atoms with E-state index in [1.165, 1.54) is 0 Å². The Morgan fingerprint density at radius 3 is 2.65 bits per heavy atom. The molecule has 2 rings (SSSR count). The maximum absolute atomic E-state index is 12.4. The molecule has 2 aliphatic rings. The second kappa shape index (κ2) is 8.49. The number of rotatable bonds is 7. The van der Waals surface area contributed by atoms with E-state index in [1.54, 1.807) is 0 Å². The highest BCUT2D eigenvalue weighted by Gasteiger charge is 2.36. The third kappa shape index (κ3) is 4.81. The van der Waals surface area contributed by atoms with Crippen molar-refractivity contribution in [1.82, 2.24) is 15.1 Å². The van der Waals surface area contributed by atoms with Crippen LogP contribution in [0.3, 0.4) is 0 Å². The molecule has 0 aromatic carbocycles. The number of piperidine rings is 1. The Hall–Kier alpha value is -1.34. The molecule has 1 saturated carbocycles. The van der Waals surface area contributed by atoms with E-state index in [1.807, 2.05) is 16.7 Å². The minimum atomic E-state index is -0.806. The van der Waals surface area contributed by atoms with Gasteiger partial charge < -0.3 is 20.4 Å². The molecule has 1 aliphatic carbocycles. The lowest BCUT2D eigenvalue weighted by atomic mass is 9.85. The predicted octanol–water partition coefficient (Wildman–Crippen LogP) is 0.870. The Kier molecular flexibility index (Phi) is 6.65. The van der Waals surface area contributed by atoms with Crippen molar-refractivity contribution in [3.63, 3.8) is 0 Å². The van der Waals surface area contributed by atoms with Crippen LogP contribution in [-0.4, -0.2) is 76.4 Å². The molecule has 0 radical (unpaired) electrons. The number of nitrogens with zero attached hydrogens (tertiary/aromatic N) is 2. The summed E-state index contributed by atoms with van der Waals surface area (Å²) in [6.45, 7) is 3.60. The molecule has 2 fully saturated rings. The topological polar surface area (TPSA) is 93.1 Å². The highest BCUT2D eigenvalue weighted by atomic mass is 16.4. The number of carbonyl (C=O) groups excluding carboxylic acids is 1. The quantitative estimate of drug-likeness (QED) is 0.645. The number of hydrogen-bond acceptors (Lipinski definition) is 4. The van der Waals surface area contributed by atoms with Crippen LogP contribution in [0, 0.1) is 0 Å². The molecule has 23 heavy (non-hydrogen) atoms. The van der Waals surface area contributed by atoms with Crippen molar-refractivity contribution in [2.24, 2.45) is 0 Å². The Bertz CT molecular complexity index is 410. The minimum Gasteiger partial charge on any atom is -0.480 e. The van der Waals surface area contributed by atoms with Gasteiger partial charge in [-0.1, -0.05) is 6.92 Å². The highest BCUT2D eigenvalue weighted by molar-refractivity contribution is 5.75. The number of carboxylic acid groups (broad SMARTS) is 1. The van der Waals surface area contributed by atoms with Crippen LogP contribution in [0.5, 0.6) is 0 Å². The van der Waals surface area contributed by atoms with Crippen LogP contribution in [0.25, 0.3) is 0 Å². The van der Waals surface area contributed by atoms with E-state index in [9.17, 15) is 9.59 Å². The molecule has 2 amide bonds. The van der Waals surface area contributed by atoms with E-state index in [2.05, 4.69) is 5.32 Å². The summed E-state index contributed by atoms with van der Waals surface area (Å²) >= 11 is 0. The number of likely N-dealkylation sites (tertiary alicyclic amines) is 1. The first-order valence-electron chi connectivity index (χ1n) is 8.69. The lowest BCUT2D eigenvalue weighted by Crippen LogP contribution is -2.58. The standard InChI is InChI=1S/C16H29N3O4/c1-2-18(11-15(21)22)14-9-12(10-14)17-16(23)19-7-4-3-5-13(19)6-8-20/h12-14,20H,2-11H2,1H3,(H,17,23)(H,21,22). The summed E-state index contributed by atoms with van der Waals surface area (Å²) in [6.07, 6.45) is 5.36. The molecule has 3 N–H and O–H groups in total. The summed E-state index contributed by atoms with van der Waals surface area (Å²) in [7, 11) is 0. The van der Waals surface area contributed by atoms with Crippen molar-refractivity contribution < 1.29 is 19.8 Å². The smallest absolute Gasteiger partial charge is 0.317 e. The monoisotopic (exact) mass is 327 g/mol. The average molecular weight is 327 g/mol. The van der Waals surface area contributed by atoms with Crippen molar-refractivity contribution in [3.8, 4) is 0 Å². The number of carbonyl (C=O) groups is 2. The molecule has 0 spiro atoms. The number of aliphatic hydroxyl groups excluding tert-OH is 1. The number of urea groups is 1. The van der Waals surface area contributed by atoms with Crippen molar-refractivity contribution in [2.45, 2.75) is 63.6 Å². The lowest BCUT2D eigenvalue weighted by Gasteiger charge is -2.44. The molecule has 7 heteroatoms. The predicted molar refractivity (Wildman–Crippen MR) is 86.3 cm³/mol. The molecule has 1 aliphatic heterocycles. The van der Waals surface area contributed by atoms with Crippen LogP contribution in [0.15, 0.2) is 0 Å². The van der Waals surface area contributed by atoms with E-state index in [4.69, 9.17) is 10.2 Å². The number of likely N-dealkylation sites (N-methyl/N-ethyl adjacent to an activating group) is 1. The zero-order valence-electron chi connectivity index (χ0n) is 13.9. The largest absolute Gasteiger partial charge is 0.480 e. The maximum atomic E-state index is 12.4. The molecule has 0 aromatic rings. The number of nitrogens with one attached hydrogen (secondary N) is 1. The first kappa shape index (κ1) is 18.0. The van der Waals surface area contributed by atoms with Gasteiger partial charge in [0.1, 0.15) is 0 Å². The second-order valence-electron chi connectivity index (χ2n) is 6.58. The van der Waals surface area contributed by atoms with Crippen LogP contribution in [0.1, 0.15) is 45.4 Å². The maximum Gasteiger partial charge on any atom is 0.317 e. The molecule has 0 aromatic heterocycles. The van der Waals surface area contributed by atoms with Crippen LogP contribution in [0.4, 0.5) is 4.79 Å². The van der Waals surface area contributed by atoms with Gasteiger partial charge >= 0.3 is 12.0 Å². The molecular weight excluding hydrogens is 298 g/mol. The number of carboxylic acids is 1. The number of hydrogen-bond donors (Lipinski definition) is 3. The Morgan fingerprint density at radius 2 is 2.04 bits per heavy atom. The van der Waals surface area contributed by atoms with E-state index in [-0.39, 0.29) is 37.3 Å². The Morgan fingerprint density at radius 1 is 1.30 bits per heavy atom. The van der Waals surface area contributed by atoms with Gasteiger partial charge in [-0.3, -0.25) is 9.69 Å². The Labute approximate surface area is 137 Å². The molecular formula is C16H29N3O4. The summed E-state index contributed by atoms with van der Waals surface area (Å²) in [4.78, 5) is 27.1. The van der Waals surface area contributed by atoms with Gasteiger partial charge in [0.25, 0.3) is 0 Å². The first-order valence-corrected chi connectivity index (χ1v) is 8.69. The summed E-state index contributed by atoms with van der Waals surface area (Å²) < 4.78 is 0. The van der Waals surface area contributed by atoms with Gasteiger partial charge in [-0.2, -0.15) is 0 Å². The van der Waals surface area contributed by atoms with Crippen LogP contribution < -0.4 is 5.32 Å². The van der Waals surface area contributed by atoms with Gasteiger partial charge in [-0.05, 0) is 45.1 Å². The Balaban J connectivity index is 1.77. The summed E-state index contributed by atoms with van der Waals surface area (Å²) in [5.74, 6) is -0.806. The molecule has 1 heterocycles. The zero-order chi connectivity index (χ0) is 16.8. The van der Waals surface area contributed by atoms with Crippen LogP contribution in [0.2, 0.25) is 0 Å². The van der Waals surface area contributed by atoms with Crippen LogP contribution >= 0.6 is 0 Å². The minimum absolute atomic E-state index is 0.0344. The fourth-order valence-electron chi connectivity index (χ4n) is 3.65. The zero-order valence-corrected chi connectivity index (χ0v) is 13.9. The molecule has 1 unspecified atom stereocenters. The SMILES string of the molecule is CCN(CC(=O)O)C1CC(NC(=O)N2CCCCC2CCO)C1. The average Bonchev–Trinajstić information content (AvgIpc) is 2.49. The molecule has 7 nitrogen and oxygen atoms in total. The summed E-state index contributed by atoms with van der Waals surface area (Å²) in [5, 5.41) is 21.1. The third-order valence-electron chi connectivity index (χ3n) is 5.05. The lowest BCUT2D eigenvalue weighted by molar-refractivity contribution is -0.139. The van der Waals surface area contributed by atoms with Gasteiger partial charge in [0, 0.05) is 31.3 Å². The summed E-state index contributed by atoms with van der Waals surface area (Å²) in [6, 6.07) is 0.486. The van der Waals surface area contributed by atoms with Gasteiger partial charge in [0.15, 0.2) is 0 Å². The van der Waals surface area contributed by atoms with E-state index < -0.39 is 5.97 Å². The second-order valence-corrected chi connectivity index (χ2v) is 6.58. The van der Waals surface area contributed by atoms with Crippen molar-refractivity contribution in [1.29, 1.82) is 0 Å². The molecule has 1 saturated heterocycles. The molecule has 1 atom stereocenters. The van der Waals surface area contributed by atoms with Crippen molar-refractivity contribution in [3.05, 3.63) is 0 Å². The summed E-state index contributed by atoms with van der Waals surface area (Å²) in [5.41, 5.74) is 0. The van der Waals surface area contributed by atoms with E-state index in [0.717, 1.165) is 38.6 Å². The fraction of sp³-hybridized carbons (Fsp3) is 0.875. The molecule has 132 valence electrons. The fourth-order valence-corrected chi connectivity index (χ4v) is 3.65. The number of amides is 2. The highest BCUT2D eigenvalue weighted by Crippen LogP contribution is 2.26. The van der Waals surface area contributed by atoms with Crippen molar-refractivity contribution >= 4 is 12.0 Å². The van der Waals surface area contributed by atoms with E-state index >= 15 is 0 Å². The van der Waals surface area contributed by atoms with E-state index in [0.29, 0.717) is 13.0 Å². The number of aliphatic hydroxyl groups is 1. The van der Waals surface area contributed by atoms with Gasteiger partial charge in [-0.15, -0.1) is 0 Å².